The number of alkyl halides is 3. The molecule has 1 aromatic rings. The molecule has 7 heteroatoms. The summed E-state index contributed by atoms with van der Waals surface area (Å²) in [5.41, 5.74) is -0.581. The monoisotopic (exact) mass is 252 g/mol. The Labute approximate surface area is 90.0 Å². The molecule has 0 bridgehead atoms. The summed E-state index contributed by atoms with van der Waals surface area (Å²) in [5, 5.41) is 0.496. The van der Waals surface area contributed by atoms with Gasteiger partial charge in [0.05, 0.1) is 11.0 Å². The van der Waals surface area contributed by atoms with E-state index in [0.717, 1.165) is 30.3 Å². The average Bonchev–Trinajstić information content (AvgIpc) is 2.13. The van der Waals surface area contributed by atoms with Gasteiger partial charge in [-0.25, -0.2) is 0 Å². The Morgan fingerprint density at radius 2 is 1.62 bits per heavy atom. The average molecular weight is 252 g/mol. The van der Waals surface area contributed by atoms with Gasteiger partial charge in [0.1, 0.15) is 0 Å². The SMILES string of the molecule is O=S(=O)(O)C=Cc1ccc(C(F)(F)F)cc1. The van der Waals surface area contributed by atoms with E-state index in [9.17, 15) is 21.6 Å². The van der Waals surface area contributed by atoms with Crippen LogP contribution in [0.3, 0.4) is 0 Å². The van der Waals surface area contributed by atoms with Crippen LogP contribution in [0.2, 0.25) is 0 Å². The molecule has 3 nitrogen and oxygen atoms in total. The smallest absolute Gasteiger partial charge is 0.282 e. The minimum absolute atomic E-state index is 0.241. The maximum Gasteiger partial charge on any atom is 0.416 e. The van der Waals surface area contributed by atoms with Gasteiger partial charge in [0, 0.05) is 0 Å². The van der Waals surface area contributed by atoms with Gasteiger partial charge < -0.3 is 0 Å². The lowest BCUT2D eigenvalue weighted by Gasteiger charge is -2.05. The van der Waals surface area contributed by atoms with Crippen molar-refractivity contribution in [2.45, 2.75) is 6.18 Å². The molecule has 1 rings (SSSR count). The highest BCUT2D eigenvalue weighted by Gasteiger charge is 2.29. The van der Waals surface area contributed by atoms with Gasteiger partial charge >= 0.3 is 6.18 Å². The van der Waals surface area contributed by atoms with Crippen LogP contribution >= 0.6 is 0 Å². The van der Waals surface area contributed by atoms with Crippen LogP contribution in [0, 0.1) is 0 Å². The molecular weight excluding hydrogens is 245 g/mol. The highest BCUT2D eigenvalue weighted by Crippen LogP contribution is 2.29. The predicted octanol–water partition coefficient (Wildman–Crippen LogP) is 2.56. The summed E-state index contributed by atoms with van der Waals surface area (Å²) in [6, 6.07) is 3.85. The molecule has 0 aliphatic rings. The van der Waals surface area contributed by atoms with Gasteiger partial charge in [0.2, 0.25) is 0 Å². The fourth-order valence-electron chi connectivity index (χ4n) is 0.948. The Balaban J connectivity index is 2.93. The summed E-state index contributed by atoms with van der Waals surface area (Å²) in [6.07, 6.45) is -3.43. The van der Waals surface area contributed by atoms with E-state index < -0.39 is 21.9 Å². The summed E-state index contributed by atoms with van der Waals surface area (Å²) in [6.45, 7) is 0. The third-order valence-electron chi connectivity index (χ3n) is 1.67. The van der Waals surface area contributed by atoms with Gasteiger partial charge in [-0.3, -0.25) is 4.55 Å². The Morgan fingerprint density at radius 1 is 1.12 bits per heavy atom. The fourth-order valence-corrected chi connectivity index (χ4v) is 1.28. The molecule has 0 fully saturated rings. The van der Waals surface area contributed by atoms with Gasteiger partial charge in [-0.05, 0) is 23.8 Å². The molecule has 1 N–H and O–H groups in total. The van der Waals surface area contributed by atoms with E-state index in [1.165, 1.54) is 0 Å². The number of halogens is 3. The number of hydrogen-bond acceptors (Lipinski definition) is 2. The zero-order valence-corrected chi connectivity index (χ0v) is 8.59. The molecule has 0 aliphatic carbocycles. The summed E-state index contributed by atoms with van der Waals surface area (Å²) >= 11 is 0. The Morgan fingerprint density at radius 3 is 2.00 bits per heavy atom. The van der Waals surface area contributed by atoms with E-state index in [4.69, 9.17) is 4.55 Å². The first-order valence-electron chi connectivity index (χ1n) is 4.01. The van der Waals surface area contributed by atoms with Crippen molar-refractivity contribution in [3.8, 4) is 0 Å². The number of hydrogen-bond donors (Lipinski definition) is 1. The second kappa shape index (κ2) is 4.26. The first-order valence-corrected chi connectivity index (χ1v) is 5.52. The molecule has 0 amide bonds. The van der Waals surface area contributed by atoms with Crippen LogP contribution in [-0.4, -0.2) is 13.0 Å². The number of benzene rings is 1. The molecule has 0 spiro atoms. The zero-order valence-electron chi connectivity index (χ0n) is 7.77. The van der Waals surface area contributed by atoms with Crippen LogP contribution in [0.25, 0.3) is 6.08 Å². The molecule has 1 aromatic carbocycles. The molecule has 16 heavy (non-hydrogen) atoms. The predicted molar refractivity (Wildman–Crippen MR) is 52.0 cm³/mol. The van der Waals surface area contributed by atoms with Gasteiger partial charge in [-0.1, -0.05) is 12.1 Å². The standard InChI is InChI=1S/C9H7F3O3S/c10-9(11,12)8-3-1-7(2-4-8)5-6-16(13,14)15/h1-6H,(H,13,14,15). The summed E-state index contributed by atoms with van der Waals surface area (Å²) < 4.78 is 65.4. The van der Waals surface area contributed by atoms with Crippen molar-refractivity contribution in [3.05, 3.63) is 40.8 Å². The molecule has 0 radical (unpaired) electrons. The first kappa shape index (κ1) is 12.7. The van der Waals surface area contributed by atoms with E-state index >= 15 is 0 Å². The minimum atomic E-state index is -4.43. The van der Waals surface area contributed by atoms with E-state index in [-0.39, 0.29) is 5.56 Å². The van der Waals surface area contributed by atoms with Crippen LogP contribution in [0.1, 0.15) is 11.1 Å². The summed E-state index contributed by atoms with van der Waals surface area (Å²) in [4.78, 5) is 0. The van der Waals surface area contributed by atoms with E-state index in [1.54, 1.807) is 0 Å². The molecular formula is C9H7F3O3S. The van der Waals surface area contributed by atoms with Gasteiger partial charge in [-0.2, -0.15) is 21.6 Å². The Hall–Kier alpha value is -1.34. The maximum atomic E-state index is 12.1. The molecule has 0 heterocycles. The molecule has 0 aromatic heterocycles. The minimum Gasteiger partial charge on any atom is -0.282 e. The first-order chi connectivity index (χ1) is 7.18. The Bertz CT molecular complexity index is 486. The lowest BCUT2D eigenvalue weighted by atomic mass is 10.1. The quantitative estimate of drug-likeness (QED) is 0.823. The Kier molecular flexibility index (Phi) is 3.39. The van der Waals surface area contributed by atoms with Crippen molar-refractivity contribution in [1.82, 2.24) is 0 Å². The molecule has 0 saturated heterocycles. The molecule has 0 atom stereocenters. The third-order valence-corrected chi connectivity index (χ3v) is 2.15. The van der Waals surface area contributed by atoms with Crippen LogP contribution in [-0.2, 0) is 16.3 Å². The van der Waals surface area contributed by atoms with Crippen molar-refractivity contribution < 1.29 is 26.1 Å². The van der Waals surface area contributed by atoms with Crippen molar-refractivity contribution in [2.24, 2.45) is 0 Å². The van der Waals surface area contributed by atoms with Crippen molar-refractivity contribution in [3.63, 3.8) is 0 Å². The van der Waals surface area contributed by atoms with Crippen LogP contribution < -0.4 is 0 Å². The topological polar surface area (TPSA) is 54.4 Å². The fraction of sp³-hybridized carbons (Fsp3) is 0.111. The van der Waals surface area contributed by atoms with Crippen molar-refractivity contribution in [1.29, 1.82) is 0 Å². The lowest BCUT2D eigenvalue weighted by molar-refractivity contribution is -0.137. The van der Waals surface area contributed by atoms with Crippen molar-refractivity contribution >= 4 is 16.2 Å². The van der Waals surface area contributed by atoms with Crippen LogP contribution in [0.5, 0.6) is 0 Å². The highest BCUT2D eigenvalue weighted by molar-refractivity contribution is 7.88. The third kappa shape index (κ3) is 4.03. The van der Waals surface area contributed by atoms with E-state index in [2.05, 4.69) is 0 Å². The van der Waals surface area contributed by atoms with Gasteiger partial charge in [0.15, 0.2) is 0 Å². The summed E-state index contributed by atoms with van der Waals surface area (Å²) in [7, 11) is -4.26. The maximum absolute atomic E-state index is 12.1. The second-order valence-corrected chi connectivity index (χ2v) is 4.24. The largest absolute Gasteiger partial charge is 0.416 e. The second-order valence-electron chi connectivity index (χ2n) is 2.94. The molecule has 0 saturated carbocycles. The molecule has 0 unspecified atom stereocenters. The van der Waals surface area contributed by atoms with Crippen molar-refractivity contribution in [2.75, 3.05) is 0 Å². The number of rotatable bonds is 2. The van der Waals surface area contributed by atoms with E-state index in [1.807, 2.05) is 0 Å². The van der Waals surface area contributed by atoms with Crippen LogP contribution in [0.15, 0.2) is 29.7 Å². The normalized spacial score (nSPS) is 13.2. The van der Waals surface area contributed by atoms with Gasteiger partial charge in [-0.15, -0.1) is 0 Å². The lowest BCUT2D eigenvalue weighted by Crippen LogP contribution is -2.03. The molecule has 88 valence electrons. The zero-order chi connectivity index (χ0) is 12.4. The molecule has 0 aliphatic heterocycles. The van der Waals surface area contributed by atoms with E-state index in [0.29, 0.717) is 5.41 Å². The van der Waals surface area contributed by atoms with Crippen LogP contribution in [0.4, 0.5) is 13.2 Å². The summed E-state index contributed by atoms with van der Waals surface area (Å²) in [5.74, 6) is 0. The highest BCUT2D eigenvalue weighted by atomic mass is 32.2. The van der Waals surface area contributed by atoms with Gasteiger partial charge in [0.25, 0.3) is 10.1 Å².